The Labute approximate surface area is 148 Å². The molecule has 25 heavy (non-hydrogen) atoms. The zero-order valence-corrected chi connectivity index (χ0v) is 14.6. The number of ether oxygens (including phenoxy) is 1. The molecule has 0 bridgehead atoms. The van der Waals surface area contributed by atoms with Crippen molar-refractivity contribution in [3.05, 3.63) is 58.1 Å². The molecule has 134 valence electrons. The third kappa shape index (κ3) is 4.89. The summed E-state index contributed by atoms with van der Waals surface area (Å²) in [6.45, 7) is 5.26. The lowest BCUT2D eigenvalue weighted by atomic mass is 10.1. The predicted octanol–water partition coefficient (Wildman–Crippen LogP) is 5.38. The van der Waals surface area contributed by atoms with Crippen molar-refractivity contribution < 1.29 is 22.7 Å². The highest BCUT2D eigenvalue weighted by Gasteiger charge is 2.33. The Balaban J connectivity index is 2.12. The summed E-state index contributed by atoms with van der Waals surface area (Å²) in [5, 5.41) is 1.99. The van der Waals surface area contributed by atoms with E-state index in [2.05, 4.69) is 5.32 Å². The van der Waals surface area contributed by atoms with Crippen molar-refractivity contribution in [1.29, 1.82) is 0 Å². The van der Waals surface area contributed by atoms with Gasteiger partial charge in [0, 0.05) is 5.69 Å². The van der Waals surface area contributed by atoms with Crippen LogP contribution in [0.1, 0.15) is 23.6 Å². The monoisotopic (exact) mass is 371 g/mol. The number of hydrogen-bond donors (Lipinski definition) is 1. The van der Waals surface area contributed by atoms with Crippen LogP contribution in [0.3, 0.4) is 0 Å². The minimum Gasteiger partial charge on any atom is -0.481 e. The third-order valence-electron chi connectivity index (χ3n) is 3.56. The fourth-order valence-electron chi connectivity index (χ4n) is 2.14. The first-order valence-electron chi connectivity index (χ1n) is 7.49. The van der Waals surface area contributed by atoms with Crippen molar-refractivity contribution in [1.82, 2.24) is 0 Å². The number of benzene rings is 2. The summed E-state index contributed by atoms with van der Waals surface area (Å²) < 4.78 is 44.2. The maximum atomic E-state index is 12.9. The molecule has 0 aliphatic rings. The van der Waals surface area contributed by atoms with Crippen molar-refractivity contribution in [2.45, 2.75) is 33.1 Å². The lowest BCUT2D eigenvalue weighted by Gasteiger charge is -2.17. The van der Waals surface area contributed by atoms with E-state index in [9.17, 15) is 18.0 Å². The summed E-state index contributed by atoms with van der Waals surface area (Å²) in [6.07, 6.45) is -5.48. The predicted molar refractivity (Wildman–Crippen MR) is 91.1 cm³/mol. The molecule has 1 amide bonds. The molecule has 1 N–H and O–H groups in total. The van der Waals surface area contributed by atoms with Crippen LogP contribution in [0.4, 0.5) is 18.9 Å². The molecule has 2 aromatic carbocycles. The molecule has 0 aliphatic carbocycles. The van der Waals surface area contributed by atoms with Crippen LogP contribution in [-0.4, -0.2) is 12.0 Å². The molecule has 0 saturated carbocycles. The van der Waals surface area contributed by atoms with Crippen LogP contribution in [0.25, 0.3) is 0 Å². The Morgan fingerprint density at radius 2 is 1.84 bits per heavy atom. The number of amides is 1. The van der Waals surface area contributed by atoms with Gasteiger partial charge in [0.1, 0.15) is 5.75 Å². The first kappa shape index (κ1) is 19.1. The molecule has 7 heteroatoms. The highest BCUT2D eigenvalue weighted by molar-refractivity contribution is 6.31. The molecular weight excluding hydrogens is 355 g/mol. The molecule has 0 spiro atoms. The molecule has 0 heterocycles. The smallest absolute Gasteiger partial charge is 0.417 e. The quantitative estimate of drug-likeness (QED) is 0.783. The zero-order valence-electron chi connectivity index (χ0n) is 13.9. The second kappa shape index (κ2) is 7.35. The van der Waals surface area contributed by atoms with Crippen LogP contribution in [0.15, 0.2) is 36.4 Å². The molecule has 3 nitrogen and oxygen atoms in total. The van der Waals surface area contributed by atoms with E-state index < -0.39 is 28.8 Å². The van der Waals surface area contributed by atoms with Gasteiger partial charge in [-0.1, -0.05) is 23.7 Å². The van der Waals surface area contributed by atoms with Crippen molar-refractivity contribution in [2.75, 3.05) is 5.32 Å². The van der Waals surface area contributed by atoms with Gasteiger partial charge in [0.15, 0.2) is 6.10 Å². The summed E-state index contributed by atoms with van der Waals surface area (Å²) in [5.41, 5.74) is 0.824. The molecule has 0 unspecified atom stereocenters. The first-order chi connectivity index (χ1) is 11.6. The molecule has 0 fully saturated rings. The van der Waals surface area contributed by atoms with E-state index in [4.69, 9.17) is 16.3 Å². The number of anilines is 1. The van der Waals surface area contributed by atoms with Crippen molar-refractivity contribution >= 4 is 23.2 Å². The highest BCUT2D eigenvalue weighted by Crippen LogP contribution is 2.36. The summed E-state index contributed by atoms with van der Waals surface area (Å²) >= 11 is 5.56. The van der Waals surface area contributed by atoms with Gasteiger partial charge < -0.3 is 10.1 Å². The molecule has 2 rings (SSSR count). The summed E-state index contributed by atoms with van der Waals surface area (Å²) in [4.78, 5) is 12.2. The Morgan fingerprint density at radius 3 is 2.48 bits per heavy atom. The summed E-state index contributed by atoms with van der Waals surface area (Å²) in [6, 6.07) is 8.77. The SMILES string of the molecule is Cc1ccc(C)c(O[C@@H](C)C(=O)Nc2ccc(Cl)c(C(F)(F)F)c2)c1. The number of halogens is 4. The molecule has 0 saturated heterocycles. The number of alkyl halides is 3. The third-order valence-corrected chi connectivity index (χ3v) is 3.89. The number of carbonyl (C=O) groups is 1. The molecular formula is C18H17ClF3NO2. The first-order valence-corrected chi connectivity index (χ1v) is 7.87. The van der Waals surface area contributed by atoms with Crippen LogP contribution < -0.4 is 10.1 Å². The average molecular weight is 372 g/mol. The molecule has 1 atom stereocenters. The molecule has 0 aliphatic heterocycles. The van der Waals surface area contributed by atoms with Gasteiger partial charge in [-0.2, -0.15) is 13.2 Å². The van der Waals surface area contributed by atoms with E-state index in [0.717, 1.165) is 23.3 Å². The van der Waals surface area contributed by atoms with Gasteiger partial charge in [0.25, 0.3) is 5.91 Å². The number of rotatable bonds is 4. The average Bonchev–Trinajstić information content (AvgIpc) is 2.51. The van der Waals surface area contributed by atoms with Crippen molar-refractivity contribution in [2.24, 2.45) is 0 Å². The zero-order chi connectivity index (χ0) is 18.8. The second-order valence-electron chi connectivity index (χ2n) is 5.71. The fourth-order valence-corrected chi connectivity index (χ4v) is 2.37. The van der Waals surface area contributed by atoms with E-state index in [1.165, 1.54) is 13.0 Å². The summed E-state index contributed by atoms with van der Waals surface area (Å²) in [7, 11) is 0. The largest absolute Gasteiger partial charge is 0.481 e. The van der Waals surface area contributed by atoms with Crippen LogP contribution in [0, 0.1) is 13.8 Å². The van der Waals surface area contributed by atoms with E-state index in [0.29, 0.717) is 5.75 Å². The van der Waals surface area contributed by atoms with Gasteiger partial charge in [0.2, 0.25) is 0 Å². The number of carbonyl (C=O) groups excluding carboxylic acids is 1. The van der Waals surface area contributed by atoms with Crippen LogP contribution in [0.5, 0.6) is 5.75 Å². The van der Waals surface area contributed by atoms with E-state index in [1.807, 2.05) is 26.0 Å². The topological polar surface area (TPSA) is 38.3 Å². The van der Waals surface area contributed by atoms with Crippen molar-refractivity contribution in [3.8, 4) is 5.75 Å². The maximum absolute atomic E-state index is 12.9. The van der Waals surface area contributed by atoms with Crippen LogP contribution >= 0.6 is 11.6 Å². The van der Waals surface area contributed by atoms with Crippen molar-refractivity contribution in [3.63, 3.8) is 0 Å². The normalized spacial score (nSPS) is 12.6. The highest BCUT2D eigenvalue weighted by atomic mass is 35.5. The van der Waals surface area contributed by atoms with E-state index in [-0.39, 0.29) is 5.69 Å². The van der Waals surface area contributed by atoms with Gasteiger partial charge >= 0.3 is 6.18 Å². The second-order valence-corrected chi connectivity index (χ2v) is 6.12. The Hall–Kier alpha value is -2.21. The van der Waals surface area contributed by atoms with Gasteiger partial charge in [-0.25, -0.2) is 0 Å². The van der Waals surface area contributed by atoms with Crippen LogP contribution in [-0.2, 0) is 11.0 Å². The molecule has 0 aromatic heterocycles. The molecule has 0 radical (unpaired) electrons. The standard InChI is InChI=1S/C18H17ClF3NO2/c1-10-4-5-11(2)16(8-10)25-12(3)17(24)23-13-6-7-15(19)14(9-13)18(20,21)22/h4-9,12H,1-3H3,(H,23,24)/t12-/m0/s1. The van der Waals surface area contributed by atoms with Crippen LogP contribution in [0.2, 0.25) is 5.02 Å². The minimum absolute atomic E-state index is 0.00172. The van der Waals surface area contributed by atoms with Gasteiger partial charge in [-0.3, -0.25) is 4.79 Å². The Morgan fingerprint density at radius 1 is 1.16 bits per heavy atom. The van der Waals surface area contributed by atoms with Gasteiger partial charge in [0.05, 0.1) is 10.6 Å². The van der Waals surface area contributed by atoms with Gasteiger partial charge in [-0.15, -0.1) is 0 Å². The summed E-state index contributed by atoms with van der Waals surface area (Å²) in [5.74, 6) is -0.00825. The number of aryl methyl sites for hydroxylation is 2. The Kier molecular flexibility index (Phi) is 5.62. The van der Waals surface area contributed by atoms with Gasteiger partial charge in [-0.05, 0) is 56.2 Å². The lowest BCUT2D eigenvalue weighted by molar-refractivity contribution is -0.137. The molecule has 2 aromatic rings. The lowest BCUT2D eigenvalue weighted by Crippen LogP contribution is -2.30. The maximum Gasteiger partial charge on any atom is 0.417 e. The minimum atomic E-state index is -4.60. The van der Waals surface area contributed by atoms with E-state index >= 15 is 0 Å². The number of hydrogen-bond acceptors (Lipinski definition) is 2. The van der Waals surface area contributed by atoms with E-state index in [1.54, 1.807) is 6.07 Å². The fraction of sp³-hybridized carbons (Fsp3) is 0.278. The number of nitrogens with one attached hydrogen (secondary N) is 1. The Bertz CT molecular complexity index is 790.